The largest absolute Gasteiger partial charge is 0.398 e. The van der Waals surface area contributed by atoms with Crippen LogP contribution in [-0.4, -0.2) is 20.2 Å². The number of benzene rings is 1. The Kier molecular flexibility index (Phi) is 4.60. The number of anilines is 1. The maximum Gasteiger partial charge on any atom is 0.182 e. The second kappa shape index (κ2) is 6.24. The summed E-state index contributed by atoms with van der Waals surface area (Å²) >= 11 is 0. The fourth-order valence-electron chi connectivity index (χ4n) is 2.63. The number of nitrogens with two attached hydrogens (primary N) is 1. The molecule has 0 aliphatic heterocycles. The van der Waals surface area contributed by atoms with Crippen LogP contribution in [0.1, 0.15) is 50.8 Å². The van der Waals surface area contributed by atoms with Gasteiger partial charge >= 0.3 is 0 Å². The van der Waals surface area contributed by atoms with Gasteiger partial charge in [0.15, 0.2) is 5.82 Å². The number of rotatable bonds is 5. The first-order valence-corrected chi connectivity index (χ1v) is 7.59. The summed E-state index contributed by atoms with van der Waals surface area (Å²) in [5.74, 6) is 1.45. The zero-order chi connectivity index (χ0) is 15.6. The average Bonchev–Trinajstić information content (AvgIpc) is 2.91. The molecule has 2 rings (SSSR count). The summed E-state index contributed by atoms with van der Waals surface area (Å²) in [6.07, 6.45) is 2.23. The van der Waals surface area contributed by atoms with Crippen molar-refractivity contribution in [2.75, 3.05) is 5.73 Å². The summed E-state index contributed by atoms with van der Waals surface area (Å²) in [5, 5.41) is 12.3. The lowest BCUT2D eigenvalue weighted by Crippen LogP contribution is -2.13. The van der Waals surface area contributed by atoms with Crippen molar-refractivity contribution in [2.24, 2.45) is 5.92 Å². The molecule has 5 heteroatoms. The van der Waals surface area contributed by atoms with E-state index in [-0.39, 0.29) is 6.04 Å². The minimum Gasteiger partial charge on any atom is -0.398 e. The van der Waals surface area contributed by atoms with Gasteiger partial charge in [-0.2, -0.15) is 0 Å². The predicted molar refractivity (Wildman–Crippen MR) is 85.9 cm³/mol. The standard InChI is InChI=1S/C16H25N5/c1-6-10(2)7-13(5)21-16(18-19-20-21)14-9-15(17)12(4)8-11(14)3/h8-10,13H,6-7,17H2,1-5H3. The molecule has 1 aromatic heterocycles. The number of nitrogen functional groups attached to an aromatic ring is 1. The Morgan fingerprint density at radius 3 is 2.57 bits per heavy atom. The van der Waals surface area contributed by atoms with E-state index in [0.29, 0.717) is 5.92 Å². The summed E-state index contributed by atoms with van der Waals surface area (Å²) in [5.41, 5.74) is 10.1. The van der Waals surface area contributed by atoms with Gasteiger partial charge in [-0.3, -0.25) is 0 Å². The van der Waals surface area contributed by atoms with Crippen LogP contribution in [0.25, 0.3) is 11.4 Å². The lowest BCUT2D eigenvalue weighted by molar-refractivity contribution is 0.371. The highest BCUT2D eigenvalue weighted by atomic mass is 15.5. The smallest absolute Gasteiger partial charge is 0.182 e. The first-order valence-electron chi connectivity index (χ1n) is 7.59. The molecule has 21 heavy (non-hydrogen) atoms. The van der Waals surface area contributed by atoms with Crippen LogP contribution in [0.15, 0.2) is 12.1 Å². The Hall–Kier alpha value is -1.91. The molecule has 0 bridgehead atoms. The lowest BCUT2D eigenvalue weighted by Gasteiger charge is -2.18. The van der Waals surface area contributed by atoms with E-state index in [4.69, 9.17) is 5.73 Å². The maximum absolute atomic E-state index is 6.05. The summed E-state index contributed by atoms with van der Waals surface area (Å²) in [6, 6.07) is 4.33. The Balaban J connectivity index is 2.39. The zero-order valence-corrected chi connectivity index (χ0v) is 13.6. The highest BCUT2D eigenvalue weighted by molar-refractivity contribution is 5.67. The van der Waals surface area contributed by atoms with Crippen molar-refractivity contribution in [1.82, 2.24) is 20.2 Å². The van der Waals surface area contributed by atoms with E-state index in [1.54, 1.807) is 0 Å². The summed E-state index contributed by atoms with van der Waals surface area (Å²) in [7, 11) is 0. The highest BCUT2D eigenvalue weighted by Crippen LogP contribution is 2.29. The van der Waals surface area contributed by atoms with E-state index in [0.717, 1.165) is 41.0 Å². The van der Waals surface area contributed by atoms with Crippen LogP contribution in [0.4, 0.5) is 5.69 Å². The molecule has 0 spiro atoms. The third-order valence-electron chi connectivity index (χ3n) is 4.20. The van der Waals surface area contributed by atoms with Crippen molar-refractivity contribution in [3.8, 4) is 11.4 Å². The third kappa shape index (κ3) is 3.23. The van der Waals surface area contributed by atoms with Crippen LogP contribution in [0, 0.1) is 19.8 Å². The molecular formula is C16H25N5. The van der Waals surface area contributed by atoms with Crippen LogP contribution >= 0.6 is 0 Å². The third-order valence-corrected chi connectivity index (χ3v) is 4.20. The quantitative estimate of drug-likeness (QED) is 0.854. The minimum atomic E-state index is 0.270. The molecule has 2 aromatic rings. The van der Waals surface area contributed by atoms with Gasteiger partial charge in [0.2, 0.25) is 0 Å². The molecule has 0 aliphatic carbocycles. The van der Waals surface area contributed by atoms with E-state index < -0.39 is 0 Å². The van der Waals surface area contributed by atoms with Crippen molar-refractivity contribution in [3.63, 3.8) is 0 Å². The van der Waals surface area contributed by atoms with Gasteiger partial charge in [-0.15, -0.1) is 5.10 Å². The molecule has 0 aliphatic rings. The first kappa shape index (κ1) is 15.5. The molecule has 2 atom stereocenters. The van der Waals surface area contributed by atoms with Gasteiger partial charge in [-0.1, -0.05) is 26.3 Å². The first-order chi connectivity index (χ1) is 9.93. The fraction of sp³-hybridized carbons (Fsp3) is 0.562. The molecule has 0 radical (unpaired) electrons. The Bertz CT molecular complexity index is 617. The predicted octanol–water partition coefficient (Wildman–Crippen LogP) is 3.54. The number of aryl methyl sites for hydroxylation is 2. The molecule has 1 aromatic carbocycles. The van der Waals surface area contributed by atoms with Crippen LogP contribution in [0.3, 0.4) is 0 Å². The number of tetrazole rings is 1. The van der Waals surface area contributed by atoms with Gasteiger partial charge in [0.25, 0.3) is 0 Å². The van der Waals surface area contributed by atoms with Crippen molar-refractivity contribution in [2.45, 2.75) is 53.5 Å². The summed E-state index contributed by atoms with van der Waals surface area (Å²) in [4.78, 5) is 0. The fourth-order valence-corrected chi connectivity index (χ4v) is 2.63. The van der Waals surface area contributed by atoms with Gasteiger partial charge in [-0.05, 0) is 60.7 Å². The van der Waals surface area contributed by atoms with E-state index in [9.17, 15) is 0 Å². The van der Waals surface area contributed by atoms with Gasteiger partial charge < -0.3 is 5.73 Å². The van der Waals surface area contributed by atoms with Crippen molar-refractivity contribution in [3.05, 3.63) is 23.3 Å². The Labute approximate surface area is 126 Å². The molecular weight excluding hydrogens is 262 g/mol. The monoisotopic (exact) mass is 287 g/mol. The maximum atomic E-state index is 6.05. The molecule has 114 valence electrons. The van der Waals surface area contributed by atoms with Gasteiger partial charge in [0.1, 0.15) is 0 Å². The molecule has 0 saturated heterocycles. The van der Waals surface area contributed by atoms with Crippen LogP contribution < -0.4 is 5.73 Å². The second-order valence-corrected chi connectivity index (χ2v) is 6.07. The Morgan fingerprint density at radius 1 is 1.19 bits per heavy atom. The molecule has 1 heterocycles. The SMILES string of the molecule is CCC(C)CC(C)n1nnnc1-c1cc(N)c(C)cc1C. The molecule has 0 fully saturated rings. The number of hydrogen-bond donors (Lipinski definition) is 1. The molecule has 2 unspecified atom stereocenters. The Morgan fingerprint density at radius 2 is 1.90 bits per heavy atom. The normalized spacial score (nSPS) is 14.1. The van der Waals surface area contributed by atoms with Crippen LogP contribution in [0.5, 0.6) is 0 Å². The number of hydrogen-bond acceptors (Lipinski definition) is 4. The highest BCUT2D eigenvalue weighted by Gasteiger charge is 2.18. The van der Waals surface area contributed by atoms with E-state index >= 15 is 0 Å². The van der Waals surface area contributed by atoms with Gasteiger partial charge in [0, 0.05) is 11.3 Å². The molecule has 5 nitrogen and oxygen atoms in total. The summed E-state index contributed by atoms with van der Waals surface area (Å²) < 4.78 is 1.92. The van der Waals surface area contributed by atoms with Crippen molar-refractivity contribution < 1.29 is 0 Å². The van der Waals surface area contributed by atoms with Crippen molar-refractivity contribution >= 4 is 5.69 Å². The summed E-state index contributed by atoms with van der Waals surface area (Å²) in [6.45, 7) is 10.7. The number of aromatic nitrogens is 4. The topological polar surface area (TPSA) is 69.6 Å². The molecule has 2 N–H and O–H groups in total. The second-order valence-electron chi connectivity index (χ2n) is 6.07. The van der Waals surface area contributed by atoms with Crippen LogP contribution in [-0.2, 0) is 0 Å². The minimum absolute atomic E-state index is 0.270. The zero-order valence-electron chi connectivity index (χ0n) is 13.6. The lowest BCUT2D eigenvalue weighted by atomic mass is 9.99. The molecule has 0 amide bonds. The van der Waals surface area contributed by atoms with E-state index in [1.807, 2.05) is 17.7 Å². The van der Waals surface area contributed by atoms with E-state index in [1.165, 1.54) is 0 Å². The van der Waals surface area contributed by atoms with Gasteiger partial charge in [-0.25, -0.2) is 4.68 Å². The molecule has 0 saturated carbocycles. The number of nitrogens with zero attached hydrogens (tertiary/aromatic N) is 4. The average molecular weight is 287 g/mol. The van der Waals surface area contributed by atoms with Gasteiger partial charge in [0.05, 0.1) is 6.04 Å². The van der Waals surface area contributed by atoms with Crippen LogP contribution in [0.2, 0.25) is 0 Å². The van der Waals surface area contributed by atoms with Crippen molar-refractivity contribution in [1.29, 1.82) is 0 Å². The van der Waals surface area contributed by atoms with E-state index in [2.05, 4.69) is 49.3 Å².